The van der Waals surface area contributed by atoms with Crippen molar-refractivity contribution in [2.75, 3.05) is 11.0 Å². The van der Waals surface area contributed by atoms with Crippen LogP contribution in [0.15, 0.2) is 34.7 Å². The van der Waals surface area contributed by atoms with Crippen LogP contribution in [0.4, 0.5) is 5.69 Å². The van der Waals surface area contributed by atoms with E-state index >= 15 is 0 Å². The van der Waals surface area contributed by atoms with E-state index in [0.717, 1.165) is 6.26 Å². The van der Waals surface area contributed by atoms with Crippen molar-refractivity contribution < 1.29 is 27.5 Å². The minimum Gasteiger partial charge on any atom is -0.478 e. The molecule has 1 atom stereocenters. The summed E-state index contributed by atoms with van der Waals surface area (Å²) in [5, 5.41) is 11.8. The summed E-state index contributed by atoms with van der Waals surface area (Å²) in [6.45, 7) is 3.41. The first kappa shape index (κ1) is 19.5. The molecule has 8 nitrogen and oxygen atoms in total. The second-order valence-electron chi connectivity index (χ2n) is 5.76. The van der Waals surface area contributed by atoms with Gasteiger partial charge in [0.2, 0.25) is 10.0 Å². The minimum atomic E-state index is -3.48. The highest BCUT2D eigenvalue weighted by Crippen LogP contribution is 2.24. The fraction of sp³-hybridized carbons (Fsp3) is 0.294. The minimum absolute atomic E-state index is 0.0514. The Kier molecular flexibility index (Phi) is 5.71. The first-order chi connectivity index (χ1) is 12.1. The van der Waals surface area contributed by atoms with Gasteiger partial charge in [0.1, 0.15) is 11.3 Å². The number of furan rings is 1. The van der Waals surface area contributed by atoms with Gasteiger partial charge < -0.3 is 14.8 Å². The molecule has 1 aromatic carbocycles. The summed E-state index contributed by atoms with van der Waals surface area (Å²) in [6, 6.07) is 7.30. The van der Waals surface area contributed by atoms with Gasteiger partial charge in [-0.1, -0.05) is 25.1 Å². The van der Waals surface area contributed by atoms with E-state index in [1.807, 2.05) is 0 Å². The number of nitrogens with one attached hydrogen (secondary N) is 2. The zero-order valence-corrected chi connectivity index (χ0v) is 15.4. The fourth-order valence-electron chi connectivity index (χ4n) is 2.50. The van der Waals surface area contributed by atoms with Crippen LogP contribution in [0.2, 0.25) is 0 Å². The van der Waals surface area contributed by atoms with Gasteiger partial charge in [0.25, 0.3) is 5.91 Å². The van der Waals surface area contributed by atoms with E-state index in [9.17, 15) is 18.0 Å². The normalized spacial score (nSPS) is 12.4. The number of hydrogen-bond acceptors (Lipinski definition) is 5. The molecule has 140 valence electrons. The lowest BCUT2D eigenvalue weighted by atomic mass is 10.1. The van der Waals surface area contributed by atoms with Gasteiger partial charge in [-0.15, -0.1) is 0 Å². The van der Waals surface area contributed by atoms with E-state index < -0.39 is 27.9 Å². The van der Waals surface area contributed by atoms with Crippen molar-refractivity contribution in [3.8, 4) is 0 Å². The van der Waals surface area contributed by atoms with Crippen LogP contribution in [0.3, 0.4) is 0 Å². The Morgan fingerprint density at radius 1 is 1.27 bits per heavy atom. The predicted octanol–water partition coefficient (Wildman–Crippen LogP) is 2.40. The number of carboxylic acids is 1. The number of carboxylic acid groups (broad SMARTS) is 1. The maximum Gasteiger partial charge on any atom is 0.339 e. The molecule has 0 aliphatic rings. The molecule has 2 rings (SSSR count). The number of carbonyl (C=O) groups is 2. The van der Waals surface area contributed by atoms with E-state index in [1.165, 1.54) is 6.07 Å². The number of sulfonamides is 1. The Hall–Kier alpha value is -2.81. The second kappa shape index (κ2) is 7.61. The van der Waals surface area contributed by atoms with E-state index in [1.54, 1.807) is 38.1 Å². The van der Waals surface area contributed by atoms with Crippen molar-refractivity contribution in [1.29, 1.82) is 0 Å². The Labute approximate surface area is 151 Å². The number of carbonyl (C=O) groups excluding carboxylic acids is 1. The molecule has 0 aliphatic heterocycles. The molecular formula is C17H20N2O6S. The van der Waals surface area contributed by atoms with Crippen LogP contribution < -0.4 is 10.0 Å². The van der Waals surface area contributed by atoms with E-state index in [0.29, 0.717) is 17.7 Å². The number of para-hydroxylation sites is 1. The van der Waals surface area contributed by atoms with Crippen molar-refractivity contribution in [1.82, 2.24) is 5.32 Å². The molecule has 0 spiro atoms. The van der Waals surface area contributed by atoms with Crippen molar-refractivity contribution in [2.24, 2.45) is 0 Å². The summed E-state index contributed by atoms with van der Waals surface area (Å²) in [5.41, 5.74) is 0.860. The molecule has 0 bridgehead atoms. The van der Waals surface area contributed by atoms with E-state index in [4.69, 9.17) is 9.52 Å². The number of rotatable bonds is 7. The van der Waals surface area contributed by atoms with Gasteiger partial charge in [0, 0.05) is 12.5 Å². The van der Waals surface area contributed by atoms with E-state index in [2.05, 4.69) is 10.0 Å². The predicted molar refractivity (Wildman–Crippen MR) is 95.8 cm³/mol. The Balaban J connectivity index is 2.24. The summed E-state index contributed by atoms with van der Waals surface area (Å²) >= 11 is 0. The third-order valence-corrected chi connectivity index (χ3v) is 4.25. The average molecular weight is 380 g/mol. The summed E-state index contributed by atoms with van der Waals surface area (Å²) < 4.78 is 30.7. The lowest BCUT2D eigenvalue weighted by Gasteiger charge is -2.17. The van der Waals surface area contributed by atoms with Crippen LogP contribution in [0.1, 0.15) is 52.1 Å². The molecule has 0 radical (unpaired) electrons. The Bertz CT molecular complexity index is 932. The van der Waals surface area contributed by atoms with Gasteiger partial charge in [0.15, 0.2) is 5.76 Å². The third-order valence-electron chi connectivity index (χ3n) is 3.65. The third kappa shape index (κ3) is 4.63. The number of hydrogen-bond donors (Lipinski definition) is 3. The SMILES string of the molecule is CCc1oc(C(=O)NC(C)c2ccccc2NS(C)(=O)=O)cc1C(=O)O. The molecule has 3 N–H and O–H groups in total. The monoisotopic (exact) mass is 380 g/mol. The van der Waals surface area contributed by atoms with Crippen molar-refractivity contribution in [3.63, 3.8) is 0 Å². The van der Waals surface area contributed by atoms with Gasteiger partial charge in [-0.2, -0.15) is 0 Å². The number of aromatic carboxylic acids is 1. The highest BCUT2D eigenvalue weighted by atomic mass is 32.2. The largest absolute Gasteiger partial charge is 0.478 e. The maximum absolute atomic E-state index is 12.4. The van der Waals surface area contributed by atoms with Crippen molar-refractivity contribution >= 4 is 27.6 Å². The lowest BCUT2D eigenvalue weighted by molar-refractivity contribution is 0.0694. The Morgan fingerprint density at radius 3 is 2.46 bits per heavy atom. The standard InChI is InChI=1S/C17H20N2O6S/c1-4-14-12(17(21)22)9-15(25-14)16(20)18-10(2)11-7-5-6-8-13(11)19-26(3,23)24/h5-10,19H,4H2,1-3H3,(H,18,20)(H,21,22). The van der Waals surface area contributed by atoms with Gasteiger partial charge >= 0.3 is 5.97 Å². The van der Waals surface area contributed by atoms with Crippen LogP contribution >= 0.6 is 0 Å². The van der Waals surface area contributed by atoms with Crippen LogP contribution in [0.25, 0.3) is 0 Å². The highest BCUT2D eigenvalue weighted by molar-refractivity contribution is 7.92. The van der Waals surface area contributed by atoms with Gasteiger partial charge in [-0.3, -0.25) is 9.52 Å². The highest BCUT2D eigenvalue weighted by Gasteiger charge is 2.22. The zero-order chi connectivity index (χ0) is 19.5. The topological polar surface area (TPSA) is 126 Å². The molecule has 1 heterocycles. The second-order valence-corrected chi connectivity index (χ2v) is 7.51. The molecule has 1 amide bonds. The molecule has 26 heavy (non-hydrogen) atoms. The smallest absolute Gasteiger partial charge is 0.339 e. The van der Waals surface area contributed by atoms with Crippen LogP contribution in [-0.4, -0.2) is 31.7 Å². The molecule has 0 saturated heterocycles. The summed E-state index contributed by atoms with van der Waals surface area (Å²) in [6.07, 6.45) is 1.38. The maximum atomic E-state index is 12.4. The molecule has 1 unspecified atom stereocenters. The Morgan fingerprint density at radius 2 is 1.92 bits per heavy atom. The summed E-state index contributed by atoms with van der Waals surface area (Å²) in [4.78, 5) is 23.6. The number of anilines is 1. The van der Waals surface area contributed by atoms with Gasteiger partial charge in [0.05, 0.1) is 18.0 Å². The average Bonchev–Trinajstić information content (AvgIpc) is 2.98. The molecule has 0 saturated carbocycles. The zero-order valence-electron chi connectivity index (χ0n) is 14.6. The molecule has 0 fully saturated rings. The fourth-order valence-corrected chi connectivity index (χ4v) is 3.08. The van der Waals surface area contributed by atoms with Crippen LogP contribution in [0.5, 0.6) is 0 Å². The molecule has 0 aliphatic carbocycles. The molecular weight excluding hydrogens is 360 g/mol. The lowest BCUT2D eigenvalue weighted by Crippen LogP contribution is -2.27. The first-order valence-electron chi connectivity index (χ1n) is 7.86. The quantitative estimate of drug-likeness (QED) is 0.677. The van der Waals surface area contributed by atoms with Crippen LogP contribution in [0, 0.1) is 0 Å². The number of benzene rings is 1. The summed E-state index contributed by atoms with van der Waals surface area (Å²) in [7, 11) is -3.48. The van der Waals surface area contributed by atoms with Gasteiger partial charge in [-0.05, 0) is 18.6 Å². The van der Waals surface area contributed by atoms with E-state index in [-0.39, 0.29) is 17.1 Å². The number of aryl methyl sites for hydroxylation is 1. The van der Waals surface area contributed by atoms with Crippen molar-refractivity contribution in [2.45, 2.75) is 26.3 Å². The van der Waals surface area contributed by atoms with Crippen molar-refractivity contribution in [3.05, 3.63) is 53.0 Å². The molecule has 1 aromatic heterocycles. The first-order valence-corrected chi connectivity index (χ1v) is 9.75. The van der Waals surface area contributed by atoms with Gasteiger partial charge in [-0.25, -0.2) is 13.2 Å². The summed E-state index contributed by atoms with van der Waals surface area (Å²) in [5.74, 6) is -1.65. The molecule has 9 heteroatoms. The molecule has 2 aromatic rings. The number of amides is 1. The van der Waals surface area contributed by atoms with Crippen LogP contribution in [-0.2, 0) is 16.4 Å².